The van der Waals surface area contributed by atoms with Crippen molar-refractivity contribution in [2.24, 2.45) is 4.99 Å². The van der Waals surface area contributed by atoms with Gasteiger partial charge in [-0.25, -0.2) is 4.98 Å². The number of benzene rings is 1. The van der Waals surface area contributed by atoms with E-state index in [9.17, 15) is 0 Å². The van der Waals surface area contributed by atoms with Crippen molar-refractivity contribution in [3.8, 4) is 0 Å². The summed E-state index contributed by atoms with van der Waals surface area (Å²) in [5, 5.41) is 3.16. The second-order valence-corrected chi connectivity index (χ2v) is 5.53. The average molecular weight is 270 g/mol. The highest BCUT2D eigenvalue weighted by molar-refractivity contribution is 7.09. The molecule has 0 amide bonds. The summed E-state index contributed by atoms with van der Waals surface area (Å²) in [5.41, 5.74) is 4.31. The topological polar surface area (TPSA) is 25.2 Å². The van der Waals surface area contributed by atoms with Crippen molar-refractivity contribution >= 4 is 22.7 Å². The molecule has 98 valence electrons. The van der Waals surface area contributed by atoms with Gasteiger partial charge in [-0.1, -0.05) is 24.8 Å². The summed E-state index contributed by atoms with van der Waals surface area (Å²) in [6.07, 6.45) is 3.66. The van der Waals surface area contributed by atoms with Gasteiger partial charge in [0.25, 0.3) is 0 Å². The Kier molecular flexibility index (Phi) is 4.63. The van der Waals surface area contributed by atoms with Crippen molar-refractivity contribution in [1.82, 2.24) is 4.98 Å². The highest BCUT2D eigenvalue weighted by Crippen LogP contribution is 2.20. The number of nitrogens with zero attached hydrogens (tertiary/aromatic N) is 2. The van der Waals surface area contributed by atoms with Crippen LogP contribution in [0.1, 0.15) is 23.9 Å². The summed E-state index contributed by atoms with van der Waals surface area (Å²) in [4.78, 5) is 9.06. The summed E-state index contributed by atoms with van der Waals surface area (Å²) >= 11 is 1.69. The molecule has 0 aliphatic heterocycles. The van der Waals surface area contributed by atoms with E-state index in [0.717, 1.165) is 34.8 Å². The number of thiazole rings is 1. The molecule has 0 bridgehead atoms. The van der Waals surface area contributed by atoms with E-state index >= 15 is 0 Å². The Morgan fingerprint density at radius 1 is 1.37 bits per heavy atom. The number of para-hydroxylation sites is 1. The van der Waals surface area contributed by atoms with Crippen LogP contribution in [0.5, 0.6) is 0 Å². The van der Waals surface area contributed by atoms with Crippen LogP contribution in [0.25, 0.3) is 0 Å². The molecular weight excluding hydrogens is 252 g/mol. The van der Waals surface area contributed by atoms with Gasteiger partial charge in [0.15, 0.2) is 0 Å². The number of rotatable bonds is 5. The van der Waals surface area contributed by atoms with Gasteiger partial charge in [0, 0.05) is 23.7 Å². The van der Waals surface area contributed by atoms with Gasteiger partial charge in [-0.3, -0.25) is 4.99 Å². The Morgan fingerprint density at radius 3 is 2.79 bits per heavy atom. The lowest BCUT2D eigenvalue weighted by atomic mass is 10.1. The van der Waals surface area contributed by atoms with E-state index in [1.807, 2.05) is 36.7 Å². The van der Waals surface area contributed by atoms with E-state index in [1.54, 1.807) is 11.3 Å². The summed E-state index contributed by atoms with van der Waals surface area (Å²) < 4.78 is 0. The number of allylic oxidation sites excluding steroid dienone is 1. The minimum absolute atomic E-state index is 0.886. The standard InChI is InChI=1S/C16H18N2S/c1-12(2)14(8-9-16-17-10-11-19-16)18-15-7-5-4-6-13(15)3/h4-7,10-11H,1,8-9H2,2-3H3. The van der Waals surface area contributed by atoms with Crippen LogP contribution in [-0.4, -0.2) is 10.7 Å². The summed E-state index contributed by atoms with van der Waals surface area (Å²) in [5.74, 6) is 0. The molecule has 0 saturated carbocycles. The normalized spacial score (nSPS) is 11.6. The number of aliphatic imine (C=N–C) groups is 1. The van der Waals surface area contributed by atoms with Crippen LogP contribution in [0, 0.1) is 6.92 Å². The van der Waals surface area contributed by atoms with E-state index in [0.29, 0.717) is 0 Å². The molecule has 0 unspecified atom stereocenters. The molecule has 2 nitrogen and oxygen atoms in total. The SMILES string of the molecule is C=C(C)C(CCc1nccs1)=Nc1ccccc1C. The molecule has 1 aromatic carbocycles. The molecule has 0 N–H and O–H groups in total. The van der Waals surface area contributed by atoms with Crippen LogP contribution in [-0.2, 0) is 6.42 Å². The molecule has 1 heterocycles. The maximum Gasteiger partial charge on any atom is 0.0928 e. The fourth-order valence-electron chi connectivity index (χ4n) is 1.80. The lowest BCUT2D eigenvalue weighted by Crippen LogP contribution is -2.01. The zero-order chi connectivity index (χ0) is 13.7. The molecule has 0 spiro atoms. The zero-order valence-electron chi connectivity index (χ0n) is 11.4. The van der Waals surface area contributed by atoms with Crippen LogP contribution >= 0.6 is 11.3 Å². The number of aromatic nitrogens is 1. The molecule has 3 heteroatoms. The van der Waals surface area contributed by atoms with Gasteiger partial charge in [0.2, 0.25) is 0 Å². The van der Waals surface area contributed by atoms with E-state index in [1.165, 1.54) is 5.56 Å². The molecule has 0 saturated heterocycles. The summed E-state index contributed by atoms with van der Waals surface area (Å²) in [7, 11) is 0. The van der Waals surface area contributed by atoms with E-state index in [4.69, 9.17) is 4.99 Å². The largest absolute Gasteiger partial charge is 0.253 e. The van der Waals surface area contributed by atoms with Crippen LogP contribution in [0.15, 0.2) is 53.0 Å². The van der Waals surface area contributed by atoms with Crippen LogP contribution < -0.4 is 0 Å². The first-order valence-electron chi connectivity index (χ1n) is 6.34. The lowest BCUT2D eigenvalue weighted by molar-refractivity contribution is 1.01. The van der Waals surface area contributed by atoms with Crippen molar-refractivity contribution in [1.29, 1.82) is 0 Å². The molecule has 0 aliphatic rings. The zero-order valence-corrected chi connectivity index (χ0v) is 12.2. The molecule has 2 aromatic rings. The molecular formula is C16H18N2S. The molecule has 0 atom stereocenters. The predicted octanol–water partition coefficient (Wildman–Crippen LogP) is 4.73. The molecule has 19 heavy (non-hydrogen) atoms. The first-order valence-corrected chi connectivity index (χ1v) is 7.22. The Morgan fingerprint density at radius 2 is 2.16 bits per heavy atom. The Bertz CT molecular complexity index is 583. The quantitative estimate of drug-likeness (QED) is 0.721. The van der Waals surface area contributed by atoms with Gasteiger partial charge in [-0.2, -0.15) is 0 Å². The van der Waals surface area contributed by atoms with Crippen molar-refractivity contribution < 1.29 is 0 Å². The van der Waals surface area contributed by atoms with Gasteiger partial charge in [0.05, 0.1) is 10.7 Å². The monoisotopic (exact) mass is 270 g/mol. The van der Waals surface area contributed by atoms with Crippen LogP contribution in [0.4, 0.5) is 5.69 Å². The Hall–Kier alpha value is -1.74. The number of aryl methyl sites for hydroxylation is 2. The van der Waals surface area contributed by atoms with Crippen molar-refractivity contribution in [3.05, 3.63) is 58.6 Å². The fourth-order valence-corrected chi connectivity index (χ4v) is 2.42. The average Bonchev–Trinajstić information content (AvgIpc) is 2.89. The minimum Gasteiger partial charge on any atom is -0.253 e. The van der Waals surface area contributed by atoms with Crippen molar-refractivity contribution in [3.63, 3.8) is 0 Å². The lowest BCUT2D eigenvalue weighted by Gasteiger charge is -2.07. The predicted molar refractivity (Wildman–Crippen MR) is 83.5 cm³/mol. The third kappa shape index (κ3) is 3.86. The van der Waals surface area contributed by atoms with Gasteiger partial charge >= 0.3 is 0 Å². The Balaban J connectivity index is 2.16. The molecule has 0 fully saturated rings. The van der Waals surface area contributed by atoms with Gasteiger partial charge in [0.1, 0.15) is 0 Å². The smallest absolute Gasteiger partial charge is 0.0928 e. The van der Waals surface area contributed by atoms with Gasteiger partial charge < -0.3 is 0 Å². The third-order valence-electron chi connectivity index (χ3n) is 2.92. The minimum atomic E-state index is 0.886. The van der Waals surface area contributed by atoms with E-state index in [2.05, 4.69) is 24.6 Å². The first kappa shape index (κ1) is 13.7. The third-order valence-corrected chi connectivity index (χ3v) is 3.76. The number of hydrogen-bond donors (Lipinski definition) is 0. The van der Waals surface area contributed by atoms with Crippen LogP contribution in [0.2, 0.25) is 0 Å². The van der Waals surface area contributed by atoms with Gasteiger partial charge in [-0.05, 0) is 37.5 Å². The second kappa shape index (κ2) is 6.43. The number of hydrogen-bond acceptors (Lipinski definition) is 3. The van der Waals surface area contributed by atoms with E-state index in [-0.39, 0.29) is 0 Å². The summed E-state index contributed by atoms with van der Waals surface area (Å²) in [6.45, 7) is 8.13. The molecule has 1 aromatic heterocycles. The van der Waals surface area contributed by atoms with Crippen LogP contribution in [0.3, 0.4) is 0 Å². The highest BCUT2D eigenvalue weighted by atomic mass is 32.1. The molecule has 2 rings (SSSR count). The second-order valence-electron chi connectivity index (χ2n) is 4.55. The maximum absolute atomic E-state index is 4.75. The van der Waals surface area contributed by atoms with E-state index < -0.39 is 0 Å². The fraction of sp³-hybridized carbons (Fsp3) is 0.250. The van der Waals surface area contributed by atoms with Crippen molar-refractivity contribution in [2.75, 3.05) is 0 Å². The highest BCUT2D eigenvalue weighted by Gasteiger charge is 2.05. The summed E-state index contributed by atoms with van der Waals surface area (Å²) in [6, 6.07) is 8.17. The van der Waals surface area contributed by atoms with Gasteiger partial charge in [-0.15, -0.1) is 11.3 Å². The maximum atomic E-state index is 4.75. The van der Waals surface area contributed by atoms with Crippen molar-refractivity contribution in [2.45, 2.75) is 26.7 Å². The first-order chi connectivity index (χ1) is 9.16. The molecule has 0 radical (unpaired) electrons. The Labute approximate surface area is 118 Å². The molecule has 0 aliphatic carbocycles.